The molecule has 0 nitrogen and oxygen atoms in total. The Morgan fingerprint density at radius 2 is 1.82 bits per heavy atom. The molecule has 1 aromatic rings. The van der Waals surface area contributed by atoms with Gasteiger partial charge in [-0.25, -0.2) is 0 Å². The summed E-state index contributed by atoms with van der Waals surface area (Å²) >= 11 is 12.5. The Kier molecular flexibility index (Phi) is 3.76. The molecule has 0 atom stereocenters. The van der Waals surface area contributed by atoms with E-state index in [4.69, 9.17) is 23.2 Å². The lowest BCUT2D eigenvalue weighted by Crippen LogP contribution is -2.14. The summed E-state index contributed by atoms with van der Waals surface area (Å²) in [5.74, 6) is 0.454. The molecule has 2 rings (SSSR count). The van der Waals surface area contributed by atoms with Crippen molar-refractivity contribution in [3.05, 3.63) is 65.2 Å². The standard InChI is InChI=1S/C15H14Cl2/c1-12-6-9-15(17,10-7-12)11-8-13-4-2-3-5-14(13)16/h2-12H,1H3/b11-8+. The van der Waals surface area contributed by atoms with Crippen LogP contribution in [0.5, 0.6) is 0 Å². The first kappa shape index (κ1) is 12.5. The molecular weight excluding hydrogens is 251 g/mol. The van der Waals surface area contributed by atoms with Gasteiger partial charge in [0.1, 0.15) is 0 Å². The zero-order valence-electron chi connectivity index (χ0n) is 9.61. The van der Waals surface area contributed by atoms with Crippen molar-refractivity contribution in [3.63, 3.8) is 0 Å². The van der Waals surface area contributed by atoms with Crippen molar-refractivity contribution < 1.29 is 0 Å². The highest BCUT2D eigenvalue weighted by Crippen LogP contribution is 2.28. The smallest absolute Gasteiger partial charge is 0.0990 e. The molecule has 1 aromatic carbocycles. The number of halogens is 2. The molecule has 0 fully saturated rings. The average Bonchev–Trinajstić information content (AvgIpc) is 2.33. The molecule has 1 aliphatic rings. The normalized spacial score (nSPS) is 27.8. The molecule has 88 valence electrons. The molecule has 0 spiro atoms. The van der Waals surface area contributed by atoms with Crippen molar-refractivity contribution in [2.45, 2.75) is 11.8 Å². The fourth-order valence-corrected chi connectivity index (χ4v) is 2.06. The highest BCUT2D eigenvalue weighted by molar-refractivity contribution is 6.32. The lowest BCUT2D eigenvalue weighted by molar-refractivity contribution is 0.883. The number of rotatable bonds is 2. The van der Waals surface area contributed by atoms with Gasteiger partial charge in [-0.2, -0.15) is 0 Å². The van der Waals surface area contributed by atoms with E-state index in [1.807, 2.05) is 48.6 Å². The Morgan fingerprint density at radius 1 is 1.18 bits per heavy atom. The van der Waals surface area contributed by atoms with Gasteiger partial charge >= 0.3 is 0 Å². The number of hydrogen-bond acceptors (Lipinski definition) is 0. The molecule has 2 heteroatoms. The van der Waals surface area contributed by atoms with E-state index in [0.717, 1.165) is 10.6 Å². The fraction of sp³-hybridized carbons (Fsp3) is 0.200. The van der Waals surface area contributed by atoms with Gasteiger partial charge in [-0.3, -0.25) is 0 Å². The number of hydrogen-bond donors (Lipinski definition) is 0. The van der Waals surface area contributed by atoms with E-state index < -0.39 is 4.87 Å². The molecule has 0 amide bonds. The third kappa shape index (κ3) is 3.24. The first-order chi connectivity index (χ1) is 8.09. The fourth-order valence-electron chi connectivity index (χ4n) is 1.66. The van der Waals surface area contributed by atoms with Crippen LogP contribution in [0.25, 0.3) is 6.08 Å². The summed E-state index contributed by atoms with van der Waals surface area (Å²) < 4.78 is 0. The van der Waals surface area contributed by atoms with Crippen LogP contribution in [-0.4, -0.2) is 4.87 Å². The maximum Gasteiger partial charge on any atom is 0.0990 e. The van der Waals surface area contributed by atoms with Gasteiger partial charge < -0.3 is 0 Å². The van der Waals surface area contributed by atoms with Crippen LogP contribution in [0.15, 0.2) is 54.6 Å². The summed E-state index contributed by atoms with van der Waals surface area (Å²) in [6.45, 7) is 2.13. The second-order valence-corrected chi connectivity index (χ2v) is 5.32. The lowest BCUT2D eigenvalue weighted by atomic mass is 9.96. The molecule has 17 heavy (non-hydrogen) atoms. The SMILES string of the molecule is CC1C=CC(Cl)(/C=C/c2ccccc2Cl)C=C1. The molecule has 0 aromatic heterocycles. The quantitative estimate of drug-likeness (QED) is 0.516. The number of alkyl halides is 1. The highest BCUT2D eigenvalue weighted by atomic mass is 35.5. The van der Waals surface area contributed by atoms with Crippen LogP contribution in [0, 0.1) is 5.92 Å². The molecule has 0 aliphatic heterocycles. The summed E-state index contributed by atoms with van der Waals surface area (Å²) in [6.07, 6.45) is 12.1. The highest BCUT2D eigenvalue weighted by Gasteiger charge is 2.19. The van der Waals surface area contributed by atoms with E-state index in [1.165, 1.54) is 0 Å². The zero-order chi connectivity index (χ0) is 12.3. The van der Waals surface area contributed by atoms with E-state index in [1.54, 1.807) is 0 Å². The van der Waals surface area contributed by atoms with Gasteiger partial charge in [-0.05, 0) is 17.5 Å². The summed E-state index contributed by atoms with van der Waals surface area (Å²) in [4.78, 5) is -0.522. The van der Waals surface area contributed by atoms with Crippen LogP contribution in [0.4, 0.5) is 0 Å². The van der Waals surface area contributed by atoms with Crippen molar-refractivity contribution in [1.29, 1.82) is 0 Å². The second-order valence-electron chi connectivity index (χ2n) is 4.26. The Labute approximate surface area is 112 Å². The summed E-state index contributed by atoms with van der Waals surface area (Å²) in [7, 11) is 0. The zero-order valence-corrected chi connectivity index (χ0v) is 11.1. The van der Waals surface area contributed by atoms with Gasteiger partial charge in [-0.1, -0.05) is 73.2 Å². The van der Waals surface area contributed by atoms with Crippen molar-refractivity contribution >= 4 is 29.3 Å². The topological polar surface area (TPSA) is 0 Å². The minimum Gasteiger partial charge on any atom is -0.106 e. The van der Waals surface area contributed by atoms with Gasteiger partial charge in [0.2, 0.25) is 0 Å². The van der Waals surface area contributed by atoms with Crippen molar-refractivity contribution in [1.82, 2.24) is 0 Å². The molecule has 0 radical (unpaired) electrons. The first-order valence-corrected chi connectivity index (χ1v) is 6.36. The van der Waals surface area contributed by atoms with Gasteiger partial charge in [0.05, 0.1) is 4.87 Å². The van der Waals surface area contributed by atoms with Crippen LogP contribution >= 0.6 is 23.2 Å². The van der Waals surface area contributed by atoms with E-state index in [2.05, 4.69) is 19.1 Å². The van der Waals surface area contributed by atoms with Crippen LogP contribution in [-0.2, 0) is 0 Å². The Hall–Kier alpha value is -0.980. The van der Waals surface area contributed by atoms with E-state index in [-0.39, 0.29) is 0 Å². The van der Waals surface area contributed by atoms with E-state index in [0.29, 0.717) is 5.92 Å². The van der Waals surface area contributed by atoms with Crippen LogP contribution in [0.2, 0.25) is 5.02 Å². The van der Waals surface area contributed by atoms with Crippen molar-refractivity contribution in [2.75, 3.05) is 0 Å². The lowest BCUT2D eigenvalue weighted by Gasteiger charge is -2.19. The molecule has 0 unspecified atom stereocenters. The van der Waals surface area contributed by atoms with Crippen LogP contribution in [0.1, 0.15) is 12.5 Å². The van der Waals surface area contributed by atoms with Gasteiger partial charge in [0, 0.05) is 5.02 Å². The van der Waals surface area contributed by atoms with Gasteiger partial charge in [0.25, 0.3) is 0 Å². The number of benzene rings is 1. The van der Waals surface area contributed by atoms with Crippen molar-refractivity contribution in [3.8, 4) is 0 Å². The largest absolute Gasteiger partial charge is 0.106 e. The molecular formula is C15H14Cl2. The first-order valence-electron chi connectivity index (χ1n) is 5.60. The molecule has 0 saturated carbocycles. The Morgan fingerprint density at radius 3 is 2.47 bits per heavy atom. The predicted molar refractivity (Wildman–Crippen MR) is 76.5 cm³/mol. The van der Waals surface area contributed by atoms with Crippen LogP contribution in [0.3, 0.4) is 0 Å². The molecule has 0 heterocycles. The third-order valence-electron chi connectivity index (χ3n) is 2.73. The second kappa shape index (κ2) is 5.12. The predicted octanol–water partition coefficient (Wildman–Crippen LogP) is 5.09. The number of allylic oxidation sites excluding steroid dienone is 5. The maximum atomic E-state index is 6.44. The summed E-state index contributed by atoms with van der Waals surface area (Å²) in [5.41, 5.74) is 0.981. The van der Waals surface area contributed by atoms with E-state index in [9.17, 15) is 0 Å². The van der Waals surface area contributed by atoms with Crippen LogP contribution < -0.4 is 0 Å². The third-order valence-corrected chi connectivity index (χ3v) is 3.46. The molecule has 0 N–H and O–H groups in total. The Bertz CT molecular complexity index is 469. The molecule has 0 bridgehead atoms. The Balaban J connectivity index is 2.19. The van der Waals surface area contributed by atoms with Crippen molar-refractivity contribution in [2.24, 2.45) is 5.92 Å². The molecule has 0 saturated heterocycles. The van der Waals surface area contributed by atoms with E-state index >= 15 is 0 Å². The summed E-state index contributed by atoms with van der Waals surface area (Å²) in [5, 5.41) is 0.737. The minimum atomic E-state index is -0.522. The van der Waals surface area contributed by atoms with Gasteiger partial charge in [0.15, 0.2) is 0 Å². The monoisotopic (exact) mass is 264 g/mol. The van der Waals surface area contributed by atoms with Gasteiger partial charge in [-0.15, -0.1) is 11.6 Å². The average molecular weight is 265 g/mol. The maximum absolute atomic E-state index is 6.44. The minimum absolute atomic E-state index is 0.454. The summed E-state index contributed by atoms with van der Waals surface area (Å²) in [6, 6.07) is 7.72. The molecule has 1 aliphatic carbocycles.